The third-order valence-corrected chi connectivity index (χ3v) is 2.99. The van der Waals surface area contributed by atoms with Gasteiger partial charge in [-0.15, -0.1) is 0 Å². The monoisotopic (exact) mass is 289 g/mol. The smallest absolute Gasteiger partial charge is 0.305 e. The van der Waals surface area contributed by atoms with Crippen molar-refractivity contribution in [2.45, 2.75) is 20.3 Å². The molecule has 88 valence electrons. The summed E-state index contributed by atoms with van der Waals surface area (Å²) in [5.41, 5.74) is 0.419. The topological polar surface area (TPSA) is 79.5 Å². The Morgan fingerprint density at radius 2 is 2.00 bits per heavy atom. The van der Waals surface area contributed by atoms with Crippen molar-refractivity contribution in [3.05, 3.63) is 21.6 Å². The summed E-state index contributed by atoms with van der Waals surface area (Å²) in [7, 11) is 0. The van der Waals surface area contributed by atoms with Crippen molar-refractivity contribution in [1.29, 1.82) is 0 Å². The number of aliphatic carboxylic acids is 1. The molecule has 1 heterocycles. The van der Waals surface area contributed by atoms with Gasteiger partial charge in [-0.2, -0.15) is 0 Å². The predicted molar refractivity (Wildman–Crippen MR) is 60.5 cm³/mol. The second-order valence-electron chi connectivity index (χ2n) is 3.30. The van der Waals surface area contributed by atoms with Gasteiger partial charge < -0.3 is 14.8 Å². The van der Waals surface area contributed by atoms with Crippen LogP contribution in [0, 0.1) is 13.8 Å². The molecule has 0 fully saturated rings. The van der Waals surface area contributed by atoms with E-state index in [0.717, 1.165) is 0 Å². The molecule has 0 unspecified atom stereocenters. The summed E-state index contributed by atoms with van der Waals surface area (Å²) in [6, 6.07) is 0. The average Bonchev–Trinajstić information content (AvgIpc) is 2.40. The minimum absolute atomic E-state index is 0.0980. The Kier molecular flexibility index (Phi) is 4.12. The number of carbonyl (C=O) groups excluding carboxylic acids is 1. The summed E-state index contributed by atoms with van der Waals surface area (Å²) in [6.45, 7) is 3.53. The van der Waals surface area contributed by atoms with Crippen LogP contribution < -0.4 is 5.32 Å². The van der Waals surface area contributed by atoms with Crippen LogP contribution in [0.5, 0.6) is 0 Å². The van der Waals surface area contributed by atoms with Gasteiger partial charge in [-0.25, -0.2) is 0 Å². The zero-order valence-electron chi connectivity index (χ0n) is 8.96. The van der Waals surface area contributed by atoms with E-state index in [2.05, 4.69) is 21.2 Å². The van der Waals surface area contributed by atoms with Crippen molar-refractivity contribution in [3.8, 4) is 0 Å². The highest BCUT2D eigenvalue weighted by atomic mass is 79.9. The van der Waals surface area contributed by atoms with E-state index in [1.165, 1.54) is 0 Å². The number of aryl methyl sites for hydroxylation is 2. The maximum absolute atomic E-state index is 11.7. The van der Waals surface area contributed by atoms with Gasteiger partial charge in [-0.05, 0) is 29.8 Å². The number of carboxylic acid groups (broad SMARTS) is 1. The Morgan fingerprint density at radius 3 is 2.44 bits per heavy atom. The van der Waals surface area contributed by atoms with E-state index in [4.69, 9.17) is 9.52 Å². The fraction of sp³-hybridized carbons (Fsp3) is 0.400. The van der Waals surface area contributed by atoms with E-state index in [1.54, 1.807) is 13.8 Å². The molecule has 0 aliphatic heterocycles. The van der Waals surface area contributed by atoms with Crippen LogP contribution in [-0.4, -0.2) is 23.5 Å². The maximum Gasteiger partial charge on any atom is 0.305 e. The third-order valence-electron chi connectivity index (χ3n) is 2.04. The fourth-order valence-corrected chi connectivity index (χ4v) is 1.83. The van der Waals surface area contributed by atoms with Gasteiger partial charge in [-0.1, -0.05) is 0 Å². The molecule has 0 saturated heterocycles. The molecule has 2 N–H and O–H groups in total. The first-order valence-corrected chi connectivity index (χ1v) is 5.48. The third kappa shape index (κ3) is 2.85. The SMILES string of the molecule is Cc1oc(C)c(C(=O)NCCC(=O)O)c1Br. The standard InChI is InChI=1S/C10H12BrNO4/c1-5-8(9(11)6(2)16-5)10(15)12-4-3-7(13)14/h3-4H2,1-2H3,(H,12,15)(H,13,14). The highest BCUT2D eigenvalue weighted by molar-refractivity contribution is 9.10. The molecule has 0 aliphatic carbocycles. The van der Waals surface area contributed by atoms with Crippen LogP contribution in [0.25, 0.3) is 0 Å². The van der Waals surface area contributed by atoms with E-state index in [-0.39, 0.29) is 18.9 Å². The molecular formula is C10H12BrNO4. The molecule has 0 bridgehead atoms. The van der Waals surface area contributed by atoms with Crippen LogP contribution in [-0.2, 0) is 4.79 Å². The quantitative estimate of drug-likeness (QED) is 0.887. The second kappa shape index (κ2) is 5.16. The van der Waals surface area contributed by atoms with Gasteiger partial charge in [0.1, 0.15) is 11.5 Å². The molecule has 0 spiro atoms. The first-order valence-electron chi connectivity index (χ1n) is 4.69. The summed E-state index contributed by atoms with van der Waals surface area (Å²) < 4.78 is 5.88. The number of hydrogen-bond acceptors (Lipinski definition) is 3. The van der Waals surface area contributed by atoms with Gasteiger partial charge in [-0.3, -0.25) is 9.59 Å². The first kappa shape index (κ1) is 12.8. The minimum Gasteiger partial charge on any atom is -0.481 e. The van der Waals surface area contributed by atoms with E-state index in [0.29, 0.717) is 21.6 Å². The van der Waals surface area contributed by atoms with Gasteiger partial charge >= 0.3 is 5.97 Å². The molecule has 0 saturated carbocycles. The number of nitrogens with one attached hydrogen (secondary N) is 1. The Labute approximate surface area is 101 Å². The molecular weight excluding hydrogens is 278 g/mol. The maximum atomic E-state index is 11.7. The lowest BCUT2D eigenvalue weighted by Gasteiger charge is -2.02. The van der Waals surface area contributed by atoms with Crippen LogP contribution in [0.1, 0.15) is 28.3 Å². The molecule has 0 atom stereocenters. The Bertz CT molecular complexity index is 425. The summed E-state index contributed by atoms with van der Waals surface area (Å²) in [5, 5.41) is 10.9. The zero-order valence-corrected chi connectivity index (χ0v) is 10.6. The molecule has 1 aromatic rings. The van der Waals surface area contributed by atoms with Crippen molar-refractivity contribution in [1.82, 2.24) is 5.32 Å². The lowest BCUT2D eigenvalue weighted by atomic mass is 10.2. The van der Waals surface area contributed by atoms with Gasteiger partial charge in [0.15, 0.2) is 0 Å². The molecule has 1 rings (SSSR count). The number of furan rings is 1. The summed E-state index contributed by atoms with van der Waals surface area (Å²) in [4.78, 5) is 22.0. The Morgan fingerprint density at radius 1 is 1.38 bits per heavy atom. The van der Waals surface area contributed by atoms with Crippen molar-refractivity contribution in [2.75, 3.05) is 6.54 Å². The minimum atomic E-state index is -0.945. The lowest BCUT2D eigenvalue weighted by Crippen LogP contribution is -2.26. The van der Waals surface area contributed by atoms with Crippen molar-refractivity contribution in [3.63, 3.8) is 0 Å². The largest absolute Gasteiger partial charge is 0.481 e. The van der Waals surface area contributed by atoms with Gasteiger partial charge in [0.05, 0.1) is 16.5 Å². The van der Waals surface area contributed by atoms with Crippen molar-refractivity contribution < 1.29 is 19.1 Å². The van der Waals surface area contributed by atoms with E-state index in [9.17, 15) is 9.59 Å². The van der Waals surface area contributed by atoms with Crippen LogP contribution in [0.4, 0.5) is 0 Å². The molecule has 5 nitrogen and oxygen atoms in total. The number of carboxylic acids is 1. The average molecular weight is 290 g/mol. The lowest BCUT2D eigenvalue weighted by molar-refractivity contribution is -0.136. The predicted octanol–water partition coefficient (Wildman–Crippen LogP) is 1.86. The van der Waals surface area contributed by atoms with E-state index in [1.807, 2.05) is 0 Å². The molecule has 6 heteroatoms. The van der Waals surface area contributed by atoms with Crippen LogP contribution in [0.15, 0.2) is 8.89 Å². The second-order valence-corrected chi connectivity index (χ2v) is 4.10. The normalized spacial score (nSPS) is 10.2. The Hall–Kier alpha value is -1.30. The molecule has 16 heavy (non-hydrogen) atoms. The van der Waals surface area contributed by atoms with Crippen molar-refractivity contribution in [2.24, 2.45) is 0 Å². The Balaban J connectivity index is 2.70. The van der Waals surface area contributed by atoms with Crippen LogP contribution in [0.3, 0.4) is 0 Å². The van der Waals surface area contributed by atoms with Crippen LogP contribution in [0.2, 0.25) is 0 Å². The van der Waals surface area contributed by atoms with Crippen LogP contribution >= 0.6 is 15.9 Å². The van der Waals surface area contributed by atoms with Crippen molar-refractivity contribution >= 4 is 27.8 Å². The fourth-order valence-electron chi connectivity index (χ4n) is 1.29. The number of carbonyl (C=O) groups is 2. The molecule has 1 aromatic heterocycles. The van der Waals surface area contributed by atoms with E-state index >= 15 is 0 Å². The number of amides is 1. The highest BCUT2D eigenvalue weighted by Crippen LogP contribution is 2.26. The highest BCUT2D eigenvalue weighted by Gasteiger charge is 2.19. The van der Waals surface area contributed by atoms with Gasteiger partial charge in [0.25, 0.3) is 5.91 Å². The molecule has 0 radical (unpaired) electrons. The summed E-state index contributed by atoms with van der Waals surface area (Å²) >= 11 is 3.25. The number of rotatable bonds is 4. The first-order chi connectivity index (χ1) is 7.43. The number of hydrogen-bond donors (Lipinski definition) is 2. The summed E-state index contributed by atoms with van der Waals surface area (Å²) in [6.07, 6.45) is -0.0980. The van der Waals surface area contributed by atoms with Gasteiger partial charge in [0.2, 0.25) is 0 Å². The molecule has 0 aliphatic rings. The number of halogens is 1. The zero-order chi connectivity index (χ0) is 12.3. The van der Waals surface area contributed by atoms with Gasteiger partial charge in [0, 0.05) is 6.54 Å². The summed E-state index contributed by atoms with van der Waals surface area (Å²) in [5.74, 6) is -0.139. The molecule has 0 aromatic carbocycles. The van der Waals surface area contributed by atoms with E-state index < -0.39 is 5.97 Å². The molecule has 1 amide bonds.